The zero-order valence-corrected chi connectivity index (χ0v) is 26.0. The van der Waals surface area contributed by atoms with Crippen LogP contribution >= 0.6 is 0 Å². The van der Waals surface area contributed by atoms with E-state index in [1.54, 1.807) is 7.11 Å². The van der Waals surface area contributed by atoms with Crippen molar-refractivity contribution >= 4 is 17.1 Å². The van der Waals surface area contributed by atoms with Gasteiger partial charge in [0, 0.05) is 28.2 Å². The highest BCUT2D eigenvalue weighted by atomic mass is 16.5. The molecule has 0 N–H and O–H groups in total. The molecular formula is C43H34N2O. The van der Waals surface area contributed by atoms with Crippen molar-refractivity contribution < 1.29 is 4.74 Å². The maximum Gasteiger partial charge on any atom is 0.128 e. The number of aryl methyl sites for hydroxylation is 1. The molecule has 0 amide bonds. The Kier molecular flexibility index (Phi) is 8.13. The molecule has 1 aromatic heterocycles. The van der Waals surface area contributed by atoms with E-state index in [0.717, 1.165) is 56.5 Å². The number of ether oxygens (including phenoxy) is 1. The lowest BCUT2D eigenvalue weighted by atomic mass is 9.97. The maximum atomic E-state index is 5.69. The molecule has 3 heteroatoms. The molecule has 0 saturated carbocycles. The number of hydrogen-bond acceptors (Lipinski definition) is 3. The number of pyridine rings is 1. The summed E-state index contributed by atoms with van der Waals surface area (Å²) in [6, 6.07) is 59.5. The van der Waals surface area contributed by atoms with E-state index in [1.165, 1.54) is 16.7 Å². The molecule has 3 nitrogen and oxygen atoms in total. The third kappa shape index (κ3) is 6.04. The van der Waals surface area contributed by atoms with Gasteiger partial charge in [-0.1, -0.05) is 115 Å². The Bertz CT molecular complexity index is 2050. The molecule has 7 rings (SSSR count). The standard InChI is InChI=1S/C43H34N2O/c1-31-17-25-38(26-18-31)45(37-13-7-4-8-14-37)39-27-23-33(24-28-39)32-19-21-34(22-20-32)36-29-41(35-11-5-3-6-12-35)44-42(30-36)40-15-9-10-16-43(40)46-2/h3-30H,1-2H3. The van der Waals surface area contributed by atoms with E-state index in [2.05, 4.69) is 145 Å². The second kappa shape index (κ2) is 13.0. The molecule has 7 aromatic rings. The molecule has 0 aliphatic rings. The fourth-order valence-electron chi connectivity index (χ4n) is 5.82. The van der Waals surface area contributed by atoms with Gasteiger partial charge in [0.15, 0.2) is 0 Å². The van der Waals surface area contributed by atoms with Crippen LogP contribution in [0.15, 0.2) is 170 Å². The number of benzene rings is 6. The minimum Gasteiger partial charge on any atom is -0.496 e. The van der Waals surface area contributed by atoms with Crippen molar-refractivity contribution in [1.82, 2.24) is 4.98 Å². The van der Waals surface area contributed by atoms with Crippen molar-refractivity contribution in [3.05, 3.63) is 175 Å². The quantitative estimate of drug-likeness (QED) is 0.175. The minimum absolute atomic E-state index is 0.804. The highest BCUT2D eigenvalue weighted by Crippen LogP contribution is 2.37. The smallest absolute Gasteiger partial charge is 0.128 e. The summed E-state index contributed by atoms with van der Waals surface area (Å²) < 4.78 is 5.69. The molecule has 0 aliphatic heterocycles. The third-order valence-electron chi connectivity index (χ3n) is 8.26. The molecule has 0 unspecified atom stereocenters. The van der Waals surface area contributed by atoms with Crippen LogP contribution in [-0.2, 0) is 0 Å². The first-order chi connectivity index (χ1) is 22.7. The second-order valence-electron chi connectivity index (χ2n) is 11.3. The van der Waals surface area contributed by atoms with Gasteiger partial charge in [-0.15, -0.1) is 0 Å². The fraction of sp³-hybridized carbons (Fsp3) is 0.0465. The molecule has 0 radical (unpaired) electrons. The molecule has 0 spiro atoms. The van der Waals surface area contributed by atoms with Crippen LogP contribution in [0.1, 0.15) is 5.56 Å². The van der Waals surface area contributed by atoms with Crippen molar-refractivity contribution in [3.8, 4) is 50.5 Å². The lowest BCUT2D eigenvalue weighted by Crippen LogP contribution is -2.09. The van der Waals surface area contributed by atoms with Crippen LogP contribution in [0.25, 0.3) is 44.8 Å². The summed E-state index contributed by atoms with van der Waals surface area (Å²) in [5.41, 5.74) is 13.0. The van der Waals surface area contributed by atoms with Crippen molar-refractivity contribution in [1.29, 1.82) is 0 Å². The molecule has 46 heavy (non-hydrogen) atoms. The molecule has 0 saturated heterocycles. The second-order valence-corrected chi connectivity index (χ2v) is 11.3. The summed E-state index contributed by atoms with van der Waals surface area (Å²) in [6.45, 7) is 2.12. The van der Waals surface area contributed by atoms with Gasteiger partial charge in [-0.2, -0.15) is 0 Å². The largest absolute Gasteiger partial charge is 0.496 e. The molecule has 6 aromatic carbocycles. The highest BCUT2D eigenvalue weighted by Gasteiger charge is 2.14. The van der Waals surface area contributed by atoms with Gasteiger partial charge in [-0.25, -0.2) is 4.98 Å². The van der Waals surface area contributed by atoms with E-state index >= 15 is 0 Å². The van der Waals surface area contributed by atoms with Crippen molar-refractivity contribution in [3.63, 3.8) is 0 Å². The number of anilines is 3. The molecule has 0 aliphatic carbocycles. The third-order valence-corrected chi connectivity index (χ3v) is 8.26. The van der Waals surface area contributed by atoms with Gasteiger partial charge in [-0.05, 0) is 89.8 Å². The monoisotopic (exact) mass is 594 g/mol. The first-order valence-corrected chi connectivity index (χ1v) is 15.5. The van der Waals surface area contributed by atoms with E-state index in [1.807, 2.05) is 36.4 Å². The summed E-state index contributed by atoms with van der Waals surface area (Å²) in [5.74, 6) is 0.804. The lowest BCUT2D eigenvalue weighted by molar-refractivity contribution is 0.416. The van der Waals surface area contributed by atoms with E-state index < -0.39 is 0 Å². The van der Waals surface area contributed by atoms with E-state index in [-0.39, 0.29) is 0 Å². The average molecular weight is 595 g/mol. The Morgan fingerprint density at radius 3 is 1.54 bits per heavy atom. The Labute approximate surface area is 271 Å². The van der Waals surface area contributed by atoms with Gasteiger partial charge in [0.05, 0.1) is 18.5 Å². The average Bonchev–Trinajstić information content (AvgIpc) is 3.13. The fourth-order valence-corrected chi connectivity index (χ4v) is 5.82. The van der Waals surface area contributed by atoms with Gasteiger partial charge >= 0.3 is 0 Å². The van der Waals surface area contributed by atoms with Crippen LogP contribution in [-0.4, -0.2) is 12.1 Å². The zero-order valence-electron chi connectivity index (χ0n) is 26.0. The summed E-state index contributed by atoms with van der Waals surface area (Å²) >= 11 is 0. The van der Waals surface area contributed by atoms with Crippen LogP contribution in [0, 0.1) is 6.92 Å². The zero-order chi connectivity index (χ0) is 31.3. The number of aromatic nitrogens is 1. The van der Waals surface area contributed by atoms with E-state index in [4.69, 9.17) is 9.72 Å². The van der Waals surface area contributed by atoms with Crippen LogP contribution in [0.5, 0.6) is 5.75 Å². The Hall–Kier alpha value is -5.93. The van der Waals surface area contributed by atoms with Crippen LogP contribution in [0.3, 0.4) is 0 Å². The van der Waals surface area contributed by atoms with Crippen molar-refractivity contribution in [2.24, 2.45) is 0 Å². The van der Waals surface area contributed by atoms with Gasteiger partial charge in [0.2, 0.25) is 0 Å². The van der Waals surface area contributed by atoms with Gasteiger partial charge < -0.3 is 9.64 Å². The maximum absolute atomic E-state index is 5.69. The van der Waals surface area contributed by atoms with Crippen molar-refractivity contribution in [2.45, 2.75) is 6.92 Å². The SMILES string of the molecule is COc1ccccc1-c1cc(-c2ccc(-c3ccc(N(c4ccccc4)c4ccc(C)cc4)cc3)cc2)cc(-c2ccccc2)n1. The number of hydrogen-bond donors (Lipinski definition) is 0. The van der Waals surface area contributed by atoms with E-state index in [0.29, 0.717) is 0 Å². The molecule has 0 atom stereocenters. The Morgan fingerprint density at radius 1 is 0.435 bits per heavy atom. The molecule has 0 bridgehead atoms. The normalized spacial score (nSPS) is 10.8. The molecular weight excluding hydrogens is 560 g/mol. The molecule has 222 valence electrons. The summed E-state index contributed by atoms with van der Waals surface area (Å²) in [7, 11) is 1.70. The Balaban J connectivity index is 1.22. The lowest BCUT2D eigenvalue weighted by Gasteiger charge is -2.25. The topological polar surface area (TPSA) is 25.4 Å². The van der Waals surface area contributed by atoms with E-state index in [9.17, 15) is 0 Å². The number of para-hydroxylation sites is 2. The summed E-state index contributed by atoms with van der Waals surface area (Å²) in [5, 5.41) is 0. The number of nitrogens with zero attached hydrogens (tertiary/aromatic N) is 2. The van der Waals surface area contributed by atoms with Crippen molar-refractivity contribution in [2.75, 3.05) is 12.0 Å². The number of rotatable bonds is 8. The van der Waals surface area contributed by atoms with Crippen LogP contribution in [0.4, 0.5) is 17.1 Å². The number of methoxy groups -OCH3 is 1. The summed E-state index contributed by atoms with van der Waals surface area (Å²) in [6.07, 6.45) is 0. The van der Waals surface area contributed by atoms with Crippen LogP contribution in [0.2, 0.25) is 0 Å². The summed E-state index contributed by atoms with van der Waals surface area (Å²) in [4.78, 5) is 7.35. The Morgan fingerprint density at radius 2 is 0.913 bits per heavy atom. The first kappa shape index (κ1) is 28.8. The van der Waals surface area contributed by atoms with Crippen LogP contribution < -0.4 is 9.64 Å². The predicted octanol–water partition coefficient (Wildman–Crippen LogP) is 11.5. The minimum atomic E-state index is 0.804. The molecule has 1 heterocycles. The van der Waals surface area contributed by atoms with Gasteiger partial charge in [0.25, 0.3) is 0 Å². The van der Waals surface area contributed by atoms with Gasteiger partial charge in [-0.3, -0.25) is 0 Å². The first-order valence-electron chi connectivity index (χ1n) is 15.5. The molecule has 0 fully saturated rings. The highest BCUT2D eigenvalue weighted by molar-refractivity contribution is 5.81. The predicted molar refractivity (Wildman–Crippen MR) is 192 cm³/mol. The van der Waals surface area contributed by atoms with Gasteiger partial charge in [0.1, 0.15) is 5.75 Å².